The summed E-state index contributed by atoms with van der Waals surface area (Å²) in [5.41, 5.74) is 2.55. The van der Waals surface area contributed by atoms with Crippen molar-refractivity contribution in [3.8, 4) is 0 Å². The van der Waals surface area contributed by atoms with Crippen LogP contribution in [0.4, 0.5) is 0 Å². The van der Waals surface area contributed by atoms with Crippen LogP contribution in [0.15, 0.2) is 35.1 Å². The van der Waals surface area contributed by atoms with E-state index in [4.69, 9.17) is 23.2 Å². The van der Waals surface area contributed by atoms with Crippen molar-refractivity contribution in [1.82, 2.24) is 10.3 Å². The molecule has 76 valence electrons. The molecule has 0 aromatic carbocycles. The van der Waals surface area contributed by atoms with Crippen LogP contribution in [-0.2, 0) is 0 Å². The van der Waals surface area contributed by atoms with Gasteiger partial charge >= 0.3 is 0 Å². The monoisotopic (exact) mass is 230 g/mol. The lowest BCUT2D eigenvalue weighted by molar-refractivity contribution is 0.613. The van der Waals surface area contributed by atoms with Gasteiger partial charge in [-0.05, 0) is 24.6 Å². The van der Waals surface area contributed by atoms with Crippen LogP contribution in [0.1, 0.15) is 18.5 Å². The fourth-order valence-electron chi connectivity index (χ4n) is 1.06. The van der Waals surface area contributed by atoms with Gasteiger partial charge < -0.3 is 5.32 Å². The summed E-state index contributed by atoms with van der Waals surface area (Å²) in [4.78, 5) is 3.95. The van der Waals surface area contributed by atoms with Gasteiger partial charge in [-0.15, -0.1) is 0 Å². The molecule has 2 nitrogen and oxygen atoms in total. The quantitative estimate of drug-likeness (QED) is 0.861. The highest BCUT2D eigenvalue weighted by Gasteiger charge is 2.03. The number of nitrogens with one attached hydrogen (secondary N) is 1. The summed E-state index contributed by atoms with van der Waals surface area (Å²) < 4.78 is 0. The van der Waals surface area contributed by atoms with Gasteiger partial charge in [-0.3, -0.25) is 4.98 Å². The van der Waals surface area contributed by atoms with Gasteiger partial charge in [0.2, 0.25) is 0 Å². The summed E-state index contributed by atoms with van der Waals surface area (Å²) >= 11 is 11.2. The van der Waals surface area contributed by atoms with Gasteiger partial charge in [-0.2, -0.15) is 0 Å². The molecule has 4 heteroatoms. The zero-order chi connectivity index (χ0) is 10.4. The van der Waals surface area contributed by atoms with Crippen LogP contribution in [0.2, 0.25) is 0 Å². The van der Waals surface area contributed by atoms with E-state index in [9.17, 15) is 0 Å². The average molecular weight is 231 g/mol. The topological polar surface area (TPSA) is 24.9 Å². The maximum atomic E-state index is 5.75. The second-order valence-corrected chi connectivity index (χ2v) is 3.64. The van der Waals surface area contributed by atoms with Crippen LogP contribution in [0.5, 0.6) is 0 Å². The molecule has 0 fully saturated rings. The number of hydrogen-bond donors (Lipinski definition) is 1. The van der Waals surface area contributed by atoms with Crippen molar-refractivity contribution in [1.29, 1.82) is 0 Å². The van der Waals surface area contributed by atoms with Crippen LogP contribution in [-0.4, -0.2) is 11.5 Å². The molecule has 0 saturated carbocycles. The molecule has 14 heavy (non-hydrogen) atoms. The summed E-state index contributed by atoms with van der Waals surface area (Å²) in [5.74, 6) is 0. The second kappa shape index (κ2) is 6.02. The first kappa shape index (κ1) is 11.5. The first-order valence-corrected chi connectivity index (χ1v) is 5.13. The molecule has 0 aliphatic carbocycles. The van der Waals surface area contributed by atoms with Gasteiger partial charge in [0.05, 0.1) is 0 Å². The van der Waals surface area contributed by atoms with Crippen molar-refractivity contribution in [2.75, 3.05) is 6.54 Å². The van der Waals surface area contributed by atoms with Crippen LogP contribution >= 0.6 is 23.2 Å². The normalized spacial score (nSPS) is 14.1. The lowest BCUT2D eigenvalue weighted by atomic mass is 10.1. The summed E-state index contributed by atoms with van der Waals surface area (Å²) in [6.07, 6.45) is 3.54. The number of hydrogen-bond acceptors (Lipinski definition) is 2. The third kappa shape index (κ3) is 3.66. The maximum Gasteiger partial charge on any atom is 0.0432 e. The van der Waals surface area contributed by atoms with E-state index >= 15 is 0 Å². The van der Waals surface area contributed by atoms with E-state index in [1.54, 1.807) is 12.4 Å². The van der Waals surface area contributed by atoms with Crippen LogP contribution in [0, 0.1) is 0 Å². The van der Waals surface area contributed by atoms with Crippen LogP contribution in [0.3, 0.4) is 0 Å². The smallest absolute Gasteiger partial charge is 0.0432 e. The summed E-state index contributed by atoms with van der Waals surface area (Å²) in [6.45, 7) is 2.64. The molecule has 1 atom stereocenters. The molecule has 1 unspecified atom stereocenters. The molecule has 0 bridgehead atoms. The Bertz CT molecular complexity index is 298. The van der Waals surface area contributed by atoms with Crippen molar-refractivity contribution >= 4 is 23.2 Å². The van der Waals surface area contributed by atoms with Crippen molar-refractivity contribution < 1.29 is 0 Å². The standard InChI is InChI=1S/C10H12Cl2N2/c1-8(14-7-10(12)6-11)9-2-4-13-5-3-9/h2-6,8,14H,7H2,1H3. The number of halogens is 2. The van der Waals surface area contributed by atoms with E-state index in [0.29, 0.717) is 11.6 Å². The first-order chi connectivity index (χ1) is 6.74. The molecular formula is C10H12Cl2N2. The minimum atomic E-state index is 0.239. The molecule has 1 aromatic rings. The zero-order valence-electron chi connectivity index (χ0n) is 7.87. The number of aromatic nitrogens is 1. The molecule has 1 N–H and O–H groups in total. The average Bonchev–Trinajstić information content (AvgIpc) is 2.26. The summed E-state index contributed by atoms with van der Waals surface area (Å²) in [7, 11) is 0. The summed E-state index contributed by atoms with van der Waals surface area (Å²) in [6, 6.07) is 4.18. The molecule has 0 radical (unpaired) electrons. The van der Waals surface area contributed by atoms with Gasteiger partial charge in [0, 0.05) is 35.5 Å². The Hall–Kier alpha value is -0.570. The Kier molecular flexibility index (Phi) is 4.94. The van der Waals surface area contributed by atoms with E-state index in [2.05, 4.69) is 17.2 Å². The molecule has 0 amide bonds. The third-order valence-corrected chi connectivity index (χ3v) is 2.52. The Labute approximate surface area is 93.9 Å². The highest BCUT2D eigenvalue weighted by Crippen LogP contribution is 2.11. The molecule has 1 heterocycles. The Morgan fingerprint density at radius 3 is 2.79 bits per heavy atom. The van der Waals surface area contributed by atoms with Gasteiger partial charge in [0.15, 0.2) is 0 Å². The van der Waals surface area contributed by atoms with Gasteiger partial charge in [0.25, 0.3) is 0 Å². The molecule has 0 saturated heterocycles. The molecular weight excluding hydrogens is 219 g/mol. The predicted molar refractivity (Wildman–Crippen MR) is 60.4 cm³/mol. The van der Waals surface area contributed by atoms with Crippen molar-refractivity contribution in [3.05, 3.63) is 40.7 Å². The maximum absolute atomic E-state index is 5.75. The molecule has 0 aliphatic heterocycles. The van der Waals surface area contributed by atoms with Gasteiger partial charge in [0.1, 0.15) is 0 Å². The van der Waals surface area contributed by atoms with Crippen molar-refractivity contribution in [3.63, 3.8) is 0 Å². The van der Waals surface area contributed by atoms with Gasteiger partial charge in [-0.25, -0.2) is 0 Å². The number of rotatable bonds is 4. The van der Waals surface area contributed by atoms with E-state index in [0.717, 1.165) is 0 Å². The Morgan fingerprint density at radius 2 is 2.21 bits per heavy atom. The summed E-state index contributed by atoms with van der Waals surface area (Å²) in [5, 5.41) is 3.84. The van der Waals surface area contributed by atoms with E-state index in [-0.39, 0.29) is 6.04 Å². The van der Waals surface area contributed by atoms with Crippen molar-refractivity contribution in [2.24, 2.45) is 0 Å². The SMILES string of the molecule is CC(NCC(Cl)=CCl)c1ccncc1. The lowest BCUT2D eigenvalue weighted by Gasteiger charge is -2.12. The Morgan fingerprint density at radius 1 is 1.57 bits per heavy atom. The fraction of sp³-hybridized carbons (Fsp3) is 0.300. The zero-order valence-corrected chi connectivity index (χ0v) is 9.39. The minimum Gasteiger partial charge on any atom is -0.305 e. The predicted octanol–water partition coefficient (Wildman–Crippen LogP) is 3.05. The fourth-order valence-corrected chi connectivity index (χ4v) is 1.21. The largest absolute Gasteiger partial charge is 0.305 e. The highest BCUT2D eigenvalue weighted by atomic mass is 35.5. The molecule has 1 rings (SSSR count). The van der Waals surface area contributed by atoms with Crippen LogP contribution < -0.4 is 5.32 Å². The minimum absolute atomic E-state index is 0.239. The van der Waals surface area contributed by atoms with E-state index in [1.165, 1.54) is 11.1 Å². The first-order valence-electron chi connectivity index (χ1n) is 4.32. The van der Waals surface area contributed by atoms with Crippen molar-refractivity contribution in [2.45, 2.75) is 13.0 Å². The molecule has 0 aliphatic rings. The molecule has 1 aromatic heterocycles. The highest BCUT2D eigenvalue weighted by molar-refractivity contribution is 6.36. The number of pyridine rings is 1. The van der Waals surface area contributed by atoms with Gasteiger partial charge in [-0.1, -0.05) is 23.2 Å². The lowest BCUT2D eigenvalue weighted by Crippen LogP contribution is -2.19. The second-order valence-electron chi connectivity index (χ2n) is 2.94. The Balaban J connectivity index is 2.47. The van der Waals surface area contributed by atoms with Crippen LogP contribution in [0.25, 0.3) is 0 Å². The van der Waals surface area contributed by atoms with E-state index in [1.807, 2.05) is 12.1 Å². The third-order valence-electron chi connectivity index (χ3n) is 1.90. The van der Waals surface area contributed by atoms with E-state index < -0.39 is 0 Å². The molecule has 0 spiro atoms. The number of nitrogens with zero attached hydrogens (tertiary/aromatic N) is 1.